The number of pyridine rings is 1. The molecule has 1 aliphatic heterocycles. The summed E-state index contributed by atoms with van der Waals surface area (Å²) in [7, 11) is -4.07. The number of halogens is 3. The number of aromatic carboxylic acids is 1. The van der Waals surface area contributed by atoms with Crippen molar-refractivity contribution in [1.29, 1.82) is 0 Å². The van der Waals surface area contributed by atoms with Gasteiger partial charge in [0, 0.05) is 32.4 Å². The molecule has 14 heteroatoms. The SMILES string of the molecule is O=C(O)c1ncsc1NS(=O)(=O)c1ccc(N2CCN(CC(F)(F)F)CC2)nc1. The number of carbonyl (C=O) groups is 1. The average Bonchev–Trinajstić information content (AvgIpc) is 3.09. The zero-order chi connectivity index (χ0) is 21.2. The molecular formula is C15H16F3N5O4S2. The number of nitrogens with zero attached hydrogens (tertiary/aromatic N) is 4. The number of anilines is 2. The Bertz CT molecular complexity index is 971. The highest BCUT2D eigenvalue weighted by molar-refractivity contribution is 7.93. The standard InChI is InChI=1S/C15H16F3N5O4S2/c16-15(17,18)8-22-3-5-23(6-4-22)11-2-1-10(7-19-11)29(26,27)21-13-12(14(24)25)20-9-28-13/h1-2,7,9,21H,3-6,8H2,(H,24,25). The molecule has 0 aromatic carbocycles. The van der Waals surface area contributed by atoms with Gasteiger partial charge < -0.3 is 10.0 Å². The van der Waals surface area contributed by atoms with E-state index < -0.39 is 34.4 Å². The Hall–Kier alpha value is -2.45. The van der Waals surface area contributed by atoms with Gasteiger partial charge in [0.25, 0.3) is 10.0 Å². The zero-order valence-electron chi connectivity index (χ0n) is 14.8. The van der Waals surface area contributed by atoms with E-state index in [-0.39, 0.29) is 23.0 Å². The molecule has 1 fully saturated rings. The second-order valence-electron chi connectivity index (χ2n) is 6.17. The first kappa shape index (κ1) is 21.3. The van der Waals surface area contributed by atoms with E-state index in [0.29, 0.717) is 18.9 Å². The van der Waals surface area contributed by atoms with Crippen molar-refractivity contribution >= 4 is 38.1 Å². The Kier molecular flexibility index (Phi) is 5.95. The first-order valence-corrected chi connectivity index (χ1v) is 10.6. The van der Waals surface area contributed by atoms with E-state index in [9.17, 15) is 26.4 Å². The highest BCUT2D eigenvalue weighted by Gasteiger charge is 2.32. The van der Waals surface area contributed by atoms with Crippen LogP contribution in [0.3, 0.4) is 0 Å². The van der Waals surface area contributed by atoms with Crippen LogP contribution in [0.1, 0.15) is 10.5 Å². The quantitative estimate of drug-likeness (QED) is 0.682. The Labute approximate surface area is 167 Å². The van der Waals surface area contributed by atoms with Gasteiger partial charge in [0.15, 0.2) is 5.69 Å². The number of aromatic nitrogens is 2. The Morgan fingerprint density at radius 1 is 1.21 bits per heavy atom. The van der Waals surface area contributed by atoms with E-state index in [1.165, 1.54) is 22.5 Å². The van der Waals surface area contributed by atoms with Crippen LogP contribution in [-0.2, 0) is 10.0 Å². The van der Waals surface area contributed by atoms with Crippen LogP contribution >= 0.6 is 11.3 Å². The molecule has 1 aliphatic rings. The summed E-state index contributed by atoms with van der Waals surface area (Å²) in [5, 5.41) is 8.89. The van der Waals surface area contributed by atoms with Crippen molar-refractivity contribution in [2.75, 3.05) is 42.3 Å². The van der Waals surface area contributed by atoms with Gasteiger partial charge in [-0.3, -0.25) is 9.62 Å². The Balaban J connectivity index is 1.65. The number of piperazine rings is 1. The lowest BCUT2D eigenvalue weighted by Crippen LogP contribution is -2.49. The fraction of sp³-hybridized carbons (Fsp3) is 0.400. The predicted molar refractivity (Wildman–Crippen MR) is 98.8 cm³/mol. The van der Waals surface area contributed by atoms with Crippen molar-refractivity contribution in [3.63, 3.8) is 0 Å². The van der Waals surface area contributed by atoms with Crippen LogP contribution in [0.15, 0.2) is 28.7 Å². The number of carboxylic acid groups (broad SMARTS) is 1. The van der Waals surface area contributed by atoms with Crippen molar-refractivity contribution in [3.8, 4) is 0 Å². The fourth-order valence-corrected chi connectivity index (χ4v) is 4.69. The van der Waals surface area contributed by atoms with Crippen LogP contribution in [-0.4, -0.2) is 73.3 Å². The average molecular weight is 451 g/mol. The summed E-state index contributed by atoms with van der Waals surface area (Å²) in [6.07, 6.45) is -3.14. The molecule has 0 spiro atoms. The van der Waals surface area contributed by atoms with Gasteiger partial charge in [-0.1, -0.05) is 0 Å². The second kappa shape index (κ2) is 8.12. The normalized spacial score (nSPS) is 16.0. The van der Waals surface area contributed by atoms with Crippen molar-refractivity contribution in [2.24, 2.45) is 0 Å². The minimum absolute atomic E-state index is 0.123. The minimum Gasteiger partial charge on any atom is -0.476 e. The summed E-state index contributed by atoms with van der Waals surface area (Å²) in [6.45, 7) is 0.123. The lowest BCUT2D eigenvalue weighted by Gasteiger charge is -2.35. The van der Waals surface area contributed by atoms with Gasteiger partial charge in [0.1, 0.15) is 15.7 Å². The Morgan fingerprint density at radius 2 is 1.90 bits per heavy atom. The number of alkyl halides is 3. The maximum absolute atomic E-state index is 12.5. The highest BCUT2D eigenvalue weighted by Crippen LogP contribution is 2.25. The summed E-state index contributed by atoms with van der Waals surface area (Å²) < 4.78 is 64.4. The third-order valence-electron chi connectivity index (χ3n) is 4.13. The smallest absolute Gasteiger partial charge is 0.401 e. The van der Waals surface area contributed by atoms with E-state index in [4.69, 9.17) is 5.11 Å². The lowest BCUT2D eigenvalue weighted by atomic mass is 10.3. The van der Waals surface area contributed by atoms with Crippen molar-refractivity contribution in [2.45, 2.75) is 11.1 Å². The molecule has 1 saturated heterocycles. The lowest BCUT2D eigenvalue weighted by molar-refractivity contribution is -0.146. The number of hydrogen-bond acceptors (Lipinski definition) is 8. The minimum atomic E-state index is -4.25. The Morgan fingerprint density at radius 3 is 2.45 bits per heavy atom. The monoisotopic (exact) mass is 451 g/mol. The molecular weight excluding hydrogens is 435 g/mol. The largest absolute Gasteiger partial charge is 0.476 e. The molecule has 2 aromatic heterocycles. The number of nitrogens with one attached hydrogen (secondary N) is 1. The zero-order valence-corrected chi connectivity index (χ0v) is 16.4. The summed E-state index contributed by atoms with van der Waals surface area (Å²) in [5.41, 5.74) is 0.807. The van der Waals surface area contributed by atoms with Crippen LogP contribution in [0.5, 0.6) is 0 Å². The first-order chi connectivity index (χ1) is 13.5. The molecule has 0 radical (unpaired) electrons. The van der Waals surface area contributed by atoms with Crippen molar-refractivity contribution in [1.82, 2.24) is 14.9 Å². The molecule has 0 atom stereocenters. The summed E-state index contributed by atoms with van der Waals surface area (Å²) in [5.74, 6) is -0.915. The van der Waals surface area contributed by atoms with Gasteiger partial charge in [-0.05, 0) is 12.1 Å². The molecule has 0 bridgehead atoms. The third kappa shape index (κ3) is 5.33. The summed E-state index contributed by atoms with van der Waals surface area (Å²) in [4.78, 5) is 21.6. The van der Waals surface area contributed by atoms with E-state index >= 15 is 0 Å². The molecule has 9 nitrogen and oxygen atoms in total. The van der Waals surface area contributed by atoms with Crippen molar-refractivity contribution < 1.29 is 31.5 Å². The number of hydrogen-bond donors (Lipinski definition) is 2. The molecule has 3 heterocycles. The molecule has 2 aromatic rings. The highest BCUT2D eigenvalue weighted by atomic mass is 32.2. The first-order valence-electron chi connectivity index (χ1n) is 8.25. The van der Waals surface area contributed by atoms with Crippen LogP contribution in [0.25, 0.3) is 0 Å². The second-order valence-corrected chi connectivity index (χ2v) is 8.71. The van der Waals surface area contributed by atoms with E-state index in [0.717, 1.165) is 17.5 Å². The molecule has 2 N–H and O–H groups in total. The fourth-order valence-electron chi connectivity index (χ4n) is 2.76. The maximum atomic E-state index is 12.5. The van der Waals surface area contributed by atoms with Gasteiger partial charge in [-0.25, -0.2) is 23.2 Å². The molecule has 0 aliphatic carbocycles. The van der Waals surface area contributed by atoms with Crippen LogP contribution in [0.2, 0.25) is 0 Å². The maximum Gasteiger partial charge on any atom is 0.401 e. The number of thiazole rings is 1. The number of sulfonamides is 1. The summed E-state index contributed by atoms with van der Waals surface area (Å²) in [6, 6.07) is 2.76. The van der Waals surface area contributed by atoms with E-state index in [1.54, 1.807) is 4.90 Å². The number of carboxylic acids is 1. The molecule has 158 valence electrons. The third-order valence-corrected chi connectivity index (χ3v) is 6.33. The van der Waals surface area contributed by atoms with Gasteiger partial charge >= 0.3 is 12.1 Å². The van der Waals surface area contributed by atoms with Gasteiger partial charge in [-0.2, -0.15) is 13.2 Å². The number of rotatable bonds is 6. The van der Waals surface area contributed by atoms with Crippen LogP contribution < -0.4 is 9.62 Å². The van der Waals surface area contributed by atoms with Gasteiger partial charge in [0.2, 0.25) is 0 Å². The van der Waals surface area contributed by atoms with Crippen LogP contribution in [0, 0.1) is 0 Å². The van der Waals surface area contributed by atoms with E-state index in [2.05, 4.69) is 14.7 Å². The molecule has 29 heavy (non-hydrogen) atoms. The van der Waals surface area contributed by atoms with Gasteiger partial charge in [-0.15, -0.1) is 11.3 Å². The van der Waals surface area contributed by atoms with Crippen LogP contribution in [0.4, 0.5) is 24.0 Å². The van der Waals surface area contributed by atoms with E-state index in [1.807, 2.05) is 0 Å². The molecule has 0 unspecified atom stereocenters. The predicted octanol–water partition coefficient (Wildman–Crippen LogP) is 1.72. The molecule has 3 rings (SSSR count). The molecule has 0 saturated carbocycles. The van der Waals surface area contributed by atoms with Gasteiger partial charge in [0.05, 0.1) is 12.1 Å². The topological polar surface area (TPSA) is 116 Å². The summed E-state index contributed by atoms with van der Waals surface area (Å²) >= 11 is 0.834. The van der Waals surface area contributed by atoms with Crippen molar-refractivity contribution in [3.05, 3.63) is 29.5 Å². The molecule has 0 amide bonds.